The van der Waals surface area contributed by atoms with Crippen LogP contribution in [0.25, 0.3) is 0 Å². The molecule has 1 atom stereocenters. The van der Waals surface area contributed by atoms with Gasteiger partial charge in [0.25, 0.3) is 5.91 Å². The summed E-state index contributed by atoms with van der Waals surface area (Å²) in [5.74, 6) is -0.880. The first-order chi connectivity index (χ1) is 15.0. The van der Waals surface area contributed by atoms with E-state index in [4.69, 9.17) is 9.15 Å². The highest BCUT2D eigenvalue weighted by atomic mass is 32.2. The number of hydrogen-bond acceptors (Lipinski definition) is 6. The predicted octanol–water partition coefficient (Wildman–Crippen LogP) is 4.83. The maximum absolute atomic E-state index is 12.9. The molecule has 31 heavy (non-hydrogen) atoms. The molecule has 160 valence electrons. The van der Waals surface area contributed by atoms with Crippen LogP contribution in [-0.4, -0.2) is 30.1 Å². The molecule has 0 radical (unpaired) electrons. The fourth-order valence-electron chi connectivity index (χ4n) is 2.83. The molecular weight excluding hydrogens is 416 g/mol. The first-order valence-corrected chi connectivity index (χ1v) is 10.5. The third kappa shape index (κ3) is 5.76. The Balaban J connectivity index is 1.69. The van der Waals surface area contributed by atoms with Gasteiger partial charge in [0.1, 0.15) is 0 Å². The van der Waals surface area contributed by atoms with Gasteiger partial charge < -0.3 is 19.8 Å². The van der Waals surface area contributed by atoms with Crippen LogP contribution in [0.15, 0.2) is 76.2 Å². The molecule has 0 aliphatic heterocycles. The van der Waals surface area contributed by atoms with E-state index in [0.29, 0.717) is 23.4 Å². The van der Waals surface area contributed by atoms with Crippen molar-refractivity contribution in [3.05, 3.63) is 78.3 Å². The number of nitrogens with one attached hydrogen (secondary N) is 2. The Kier molecular flexibility index (Phi) is 7.50. The molecule has 1 unspecified atom stereocenters. The molecule has 2 aromatic carbocycles. The van der Waals surface area contributed by atoms with Crippen molar-refractivity contribution in [3.63, 3.8) is 0 Å². The fourth-order valence-corrected chi connectivity index (χ4v) is 3.84. The summed E-state index contributed by atoms with van der Waals surface area (Å²) in [6.07, 6.45) is 2.00. The van der Waals surface area contributed by atoms with Crippen LogP contribution >= 0.6 is 11.8 Å². The monoisotopic (exact) mass is 438 g/mol. The molecule has 3 rings (SSSR count). The number of methoxy groups -OCH3 is 1. The summed E-state index contributed by atoms with van der Waals surface area (Å²) >= 11 is 1.37. The highest BCUT2D eigenvalue weighted by molar-refractivity contribution is 8.00. The zero-order valence-electron chi connectivity index (χ0n) is 17.1. The van der Waals surface area contributed by atoms with Crippen LogP contribution in [0.5, 0.6) is 0 Å². The summed E-state index contributed by atoms with van der Waals surface area (Å²) in [7, 11) is 1.29. The SMILES string of the molecule is CCC(Sc1cccc(NC(=O)c2ccco2)c1)C(=O)Nc1ccccc1C(=O)OC. The minimum absolute atomic E-state index is 0.216. The van der Waals surface area contributed by atoms with E-state index < -0.39 is 11.2 Å². The first kappa shape index (κ1) is 22.2. The Morgan fingerprint density at radius 3 is 2.55 bits per heavy atom. The minimum atomic E-state index is -0.517. The number of amides is 2. The van der Waals surface area contributed by atoms with Gasteiger partial charge in [0, 0.05) is 10.6 Å². The van der Waals surface area contributed by atoms with E-state index in [1.165, 1.54) is 25.1 Å². The summed E-state index contributed by atoms with van der Waals surface area (Å²) in [5.41, 5.74) is 1.29. The third-order valence-corrected chi connectivity index (χ3v) is 5.73. The maximum atomic E-state index is 12.9. The molecule has 1 heterocycles. The molecule has 0 bridgehead atoms. The summed E-state index contributed by atoms with van der Waals surface area (Å²) < 4.78 is 9.88. The fraction of sp³-hybridized carbons (Fsp3) is 0.174. The van der Waals surface area contributed by atoms with Gasteiger partial charge in [-0.1, -0.05) is 25.1 Å². The number of ether oxygens (including phenoxy) is 1. The third-order valence-electron chi connectivity index (χ3n) is 4.37. The van der Waals surface area contributed by atoms with Gasteiger partial charge >= 0.3 is 5.97 Å². The average Bonchev–Trinajstić information content (AvgIpc) is 3.33. The van der Waals surface area contributed by atoms with E-state index in [-0.39, 0.29) is 17.6 Å². The van der Waals surface area contributed by atoms with Crippen LogP contribution in [0.2, 0.25) is 0 Å². The second kappa shape index (κ2) is 10.5. The number of hydrogen-bond donors (Lipinski definition) is 2. The van der Waals surface area contributed by atoms with Gasteiger partial charge in [-0.05, 0) is 48.9 Å². The van der Waals surface area contributed by atoms with E-state index in [0.717, 1.165) is 4.90 Å². The summed E-state index contributed by atoms with van der Waals surface area (Å²) in [5, 5.41) is 5.19. The lowest BCUT2D eigenvalue weighted by Crippen LogP contribution is -2.25. The van der Waals surface area contributed by atoms with Crippen molar-refractivity contribution in [1.82, 2.24) is 0 Å². The van der Waals surface area contributed by atoms with Crippen molar-refractivity contribution in [1.29, 1.82) is 0 Å². The summed E-state index contributed by atoms with van der Waals surface area (Å²) in [6, 6.07) is 17.2. The van der Waals surface area contributed by atoms with E-state index in [2.05, 4.69) is 10.6 Å². The predicted molar refractivity (Wildman–Crippen MR) is 119 cm³/mol. The first-order valence-electron chi connectivity index (χ1n) is 9.61. The maximum Gasteiger partial charge on any atom is 0.339 e. The number of anilines is 2. The molecule has 0 spiro atoms. The molecule has 7 nitrogen and oxygen atoms in total. The van der Waals surface area contributed by atoms with Crippen molar-refractivity contribution in [2.45, 2.75) is 23.5 Å². The van der Waals surface area contributed by atoms with Crippen molar-refractivity contribution in [2.75, 3.05) is 17.7 Å². The van der Waals surface area contributed by atoms with Gasteiger partial charge in [0.05, 0.1) is 29.9 Å². The lowest BCUT2D eigenvalue weighted by molar-refractivity contribution is -0.115. The van der Waals surface area contributed by atoms with E-state index in [1.807, 2.05) is 13.0 Å². The molecule has 1 aromatic heterocycles. The van der Waals surface area contributed by atoms with E-state index >= 15 is 0 Å². The smallest absolute Gasteiger partial charge is 0.339 e. The van der Waals surface area contributed by atoms with Crippen molar-refractivity contribution >= 4 is 40.9 Å². The van der Waals surface area contributed by atoms with Crippen LogP contribution in [0.4, 0.5) is 11.4 Å². The molecule has 2 N–H and O–H groups in total. The standard InChI is InChI=1S/C23H22N2O5S/c1-3-20(22(27)25-18-11-5-4-10-17(18)23(28)29-2)31-16-9-6-8-15(14-16)24-21(26)19-12-7-13-30-19/h4-14,20H,3H2,1-2H3,(H,24,26)(H,25,27). The van der Waals surface area contributed by atoms with E-state index in [9.17, 15) is 14.4 Å². The van der Waals surface area contributed by atoms with Crippen LogP contribution in [0.1, 0.15) is 34.3 Å². The van der Waals surface area contributed by atoms with Gasteiger partial charge in [0.15, 0.2) is 5.76 Å². The summed E-state index contributed by atoms with van der Waals surface area (Å²) in [6.45, 7) is 1.91. The molecule has 0 fully saturated rings. The Bertz CT molecular complexity index is 1070. The van der Waals surface area contributed by atoms with Crippen LogP contribution in [0, 0.1) is 0 Å². The molecule has 0 aliphatic carbocycles. The Labute approximate surface area is 184 Å². The lowest BCUT2D eigenvalue weighted by atomic mass is 10.1. The van der Waals surface area contributed by atoms with Crippen LogP contribution in [0.3, 0.4) is 0 Å². The largest absolute Gasteiger partial charge is 0.465 e. The van der Waals surface area contributed by atoms with Gasteiger partial charge in [0.2, 0.25) is 5.91 Å². The number of carbonyl (C=O) groups excluding carboxylic acids is 3. The quantitative estimate of drug-likeness (QED) is 0.386. The van der Waals surface area contributed by atoms with Crippen molar-refractivity contribution in [2.24, 2.45) is 0 Å². The van der Waals surface area contributed by atoms with Gasteiger partial charge in [-0.15, -0.1) is 11.8 Å². The number of rotatable bonds is 8. The molecule has 3 aromatic rings. The topological polar surface area (TPSA) is 97.6 Å². The number of benzene rings is 2. The minimum Gasteiger partial charge on any atom is -0.465 e. The van der Waals surface area contributed by atoms with E-state index in [1.54, 1.807) is 54.6 Å². The number of thioether (sulfide) groups is 1. The second-order valence-corrected chi connectivity index (χ2v) is 7.78. The number of para-hydroxylation sites is 1. The number of carbonyl (C=O) groups is 3. The van der Waals surface area contributed by atoms with Gasteiger partial charge in [-0.2, -0.15) is 0 Å². The Morgan fingerprint density at radius 1 is 1.03 bits per heavy atom. The van der Waals surface area contributed by atoms with Crippen LogP contribution < -0.4 is 10.6 Å². The lowest BCUT2D eigenvalue weighted by Gasteiger charge is -2.16. The molecule has 0 saturated heterocycles. The second-order valence-electron chi connectivity index (χ2n) is 6.50. The van der Waals surface area contributed by atoms with Gasteiger partial charge in [-0.25, -0.2) is 4.79 Å². The van der Waals surface area contributed by atoms with Crippen LogP contribution in [-0.2, 0) is 9.53 Å². The Hall–Kier alpha value is -3.52. The zero-order valence-corrected chi connectivity index (χ0v) is 17.9. The molecule has 0 saturated carbocycles. The Morgan fingerprint density at radius 2 is 1.84 bits per heavy atom. The average molecular weight is 439 g/mol. The molecule has 2 amide bonds. The number of furan rings is 1. The van der Waals surface area contributed by atoms with Crippen molar-refractivity contribution in [3.8, 4) is 0 Å². The normalized spacial score (nSPS) is 11.4. The summed E-state index contributed by atoms with van der Waals surface area (Å²) in [4.78, 5) is 37.8. The number of esters is 1. The molecule has 0 aliphatic rings. The highest BCUT2D eigenvalue weighted by Gasteiger charge is 2.21. The molecule has 8 heteroatoms. The zero-order chi connectivity index (χ0) is 22.2. The van der Waals surface area contributed by atoms with Gasteiger partial charge in [-0.3, -0.25) is 9.59 Å². The highest BCUT2D eigenvalue weighted by Crippen LogP contribution is 2.29. The van der Waals surface area contributed by atoms with Crippen molar-refractivity contribution < 1.29 is 23.5 Å². The molecular formula is C23H22N2O5S.